The van der Waals surface area contributed by atoms with Gasteiger partial charge in [-0.3, -0.25) is 10.0 Å². The van der Waals surface area contributed by atoms with E-state index < -0.39 is 16.1 Å². The number of rotatable bonds is 7. The minimum absolute atomic E-state index is 0.231. The fourth-order valence-corrected chi connectivity index (χ4v) is 5.72. The van der Waals surface area contributed by atoms with Gasteiger partial charge in [0.15, 0.2) is 11.5 Å². The van der Waals surface area contributed by atoms with Gasteiger partial charge in [-0.25, -0.2) is 27.9 Å². The summed E-state index contributed by atoms with van der Waals surface area (Å²) in [5.74, 6) is 1.24. The number of hydrogen-bond donors (Lipinski definition) is 4. The van der Waals surface area contributed by atoms with Gasteiger partial charge in [-0.1, -0.05) is 38.1 Å². The smallest absolute Gasteiger partial charge is 0.324 e. The quantitative estimate of drug-likeness (QED) is 0.206. The van der Waals surface area contributed by atoms with Crippen molar-refractivity contribution in [2.45, 2.75) is 44.3 Å². The molecule has 0 aliphatic heterocycles. The Morgan fingerprint density at radius 3 is 2.33 bits per heavy atom. The second-order valence-corrected chi connectivity index (χ2v) is 13.1. The van der Waals surface area contributed by atoms with Crippen molar-refractivity contribution in [1.82, 2.24) is 24.9 Å². The van der Waals surface area contributed by atoms with E-state index in [0.29, 0.717) is 63.8 Å². The number of nitrogens with one attached hydrogen (secondary N) is 3. The predicted octanol–water partition coefficient (Wildman–Crippen LogP) is 4.90. The number of nitrogens with zero attached hydrogens (tertiary/aromatic N) is 5. The lowest BCUT2D eigenvalue weighted by Gasteiger charge is -2.12. The Morgan fingerprint density at radius 2 is 1.69 bits per heavy atom. The van der Waals surface area contributed by atoms with Crippen molar-refractivity contribution in [3.63, 3.8) is 0 Å². The second-order valence-electron chi connectivity index (χ2n) is 11.1. The largest absolute Gasteiger partial charge is 0.383 e. The molecule has 0 radical (unpaired) electrons. The number of amides is 2. The molecule has 0 spiro atoms. The summed E-state index contributed by atoms with van der Waals surface area (Å²) in [5.41, 5.74) is 9.47. The molecule has 2 amide bonds. The zero-order chi connectivity index (χ0) is 29.6. The van der Waals surface area contributed by atoms with Crippen molar-refractivity contribution < 1.29 is 17.7 Å². The van der Waals surface area contributed by atoms with Crippen molar-refractivity contribution in [2.24, 2.45) is 0 Å². The number of nitrogen functional groups attached to an aromatic ring is 1. The van der Waals surface area contributed by atoms with E-state index in [1.807, 2.05) is 20.8 Å². The van der Waals surface area contributed by atoms with E-state index in [9.17, 15) is 13.2 Å². The summed E-state index contributed by atoms with van der Waals surface area (Å²) in [6, 6.07) is 15.2. The number of fused-ring (bicyclic) bond motifs is 1. The number of nitrogens with two attached hydrogens (primary N) is 1. The van der Waals surface area contributed by atoms with Gasteiger partial charge in [-0.2, -0.15) is 5.10 Å². The summed E-state index contributed by atoms with van der Waals surface area (Å²) in [6.07, 6.45) is 2.73. The van der Waals surface area contributed by atoms with E-state index in [0.717, 1.165) is 0 Å². The molecule has 1 aliphatic rings. The van der Waals surface area contributed by atoms with Gasteiger partial charge in [0.2, 0.25) is 10.0 Å². The van der Waals surface area contributed by atoms with E-state index in [4.69, 9.17) is 15.4 Å². The van der Waals surface area contributed by atoms with Crippen molar-refractivity contribution >= 4 is 50.1 Å². The van der Waals surface area contributed by atoms with Crippen LogP contribution in [0, 0.1) is 0 Å². The predicted molar refractivity (Wildman–Crippen MR) is 160 cm³/mol. The van der Waals surface area contributed by atoms with Gasteiger partial charge in [0, 0.05) is 28.4 Å². The van der Waals surface area contributed by atoms with Gasteiger partial charge in [-0.15, -0.1) is 0 Å². The number of carbonyl (C=O) groups excluding carboxylic acids is 1. The van der Waals surface area contributed by atoms with Crippen LogP contribution >= 0.6 is 0 Å². The van der Waals surface area contributed by atoms with Crippen LogP contribution in [0.1, 0.15) is 39.4 Å². The van der Waals surface area contributed by atoms with Gasteiger partial charge in [0.05, 0.1) is 16.3 Å². The molecule has 1 saturated carbocycles. The van der Waals surface area contributed by atoms with Gasteiger partial charge < -0.3 is 15.6 Å². The first kappa shape index (κ1) is 27.2. The lowest BCUT2D eigenvalue weighted by atomic mass is 9.93. The molecular formula is C28H29N9O4S. The first-order chi connectivity index (χ1) is 20.0. The lowest BCUT2D eigenvalue weighted by molar-refractivity contribution is 0.262. The Hall–Kier alpha value is -4.98. The van der Waals surface area contributed by atoms with Crippen LogP contribution in [0.3, 0.4) is 0 Å². The average molecular weight is 588 g/mol. The molecular weight excluding hydrogens is 558 g/mol. The minimum atomic E-state index is -3.37. The zero-order valence-electron chi connectivity index (χ0n) is 23.1. The standard InChI is InChI=1S/C28H29N9O4S/c1-28(2,3)21-14-22(35-41-21)33-27(38)32-17-8-10-19(11-9-17)37-26-23(25(29)30-15-31-26)24(34-37)16-4-6-18(7-5-16)36-42(39,40)20-12-13-20/h4-11,14-15,20,36H,12-13H2,1-3H3,(H2,29,30,31)(H2,32,33,35,38). The molecule has 14 heteroatoms. The lowest BCUT2D eigenvalue weighted by Crippen LogP contribution is -2.19. The van der Waals surface area contributed by atoms with Crippen LogP contribution in [0.2, 0.25) is 0 Å². The highest BCUT2D eigenvalue weighted by molar-refractivity contribution is 7.93. The molecule has 0 atom stereocenters. The molecule has 6 rings (SSSR count). The van der Waals surface area contributed by atoms with E-state index >= 15 is 0 Å². The SMILES string of the molecule is CC(C)(C)c1cc(NC(=O)Nc2ccc(-n3nc(-c4ccc(NS(=O)(=O)C5CC5)cc4)c4c(N)ncnc43)cc2)no1. The zero-order valence-corrected chi connectivity index (χ0v) is 23.9. The molecule has 2 aromatic carbocycles. The Morgan fingerprint density at radius 1 is 1.00 bits per heavy atom. The van der Waals surface area contributed by atoms with Gasteiger partial charge in [0.25, 0.3) is 0 Å². The number of benzene rings is 2. The van der Waals surface area contributed by atoms with E-state index in [1.54, 1.807) is 59.3 Å². The molecule has 0 bridgehead atoms. The van der Waals surface area contributed by atoms with Gasteiger partial charge in [0.1, 0.15) is 23.6 Å². The summed E-state index contributed by atoms with van der Waals surface area (Å²) in [5, 5.41) is 14.4. The fourth-order valence-electron chi connectivity index (χ4n) is 4.33. The normalized spacial score (nSPS) is 13.7. The number of carbonyl (C=O) groups is 1. The molecule has 1 fully saturated rings. The number of hydrogen-bond acceptors (Lipinski definition) is 9. The van der Waals surface area contributed by atoms with Crippen LogP contribution in [-0.4, -0.2) is 44.6 Å². The number of anilines is 4. The third kappa shape index (κ3) is 5.48. The highest BCUT2D eigenvalue weighted by Crippen LogP contribution is 2.34. The molecule has 1 aliphatic carbocycles. The molecule has 216 valence electrons. The number of urea groups is 1. The molecule has 42 heavy (non-hydrogen) atoms. The highest BCUT2D eigenvalue weighted by atomic mass is 32.2. The van der Waals surface area contributed by atoms with Crippen molar-refractivity contribution in [2.75, 3.05) is 21.1 Å². The Balaban J connectivity index is 1.22. The summed E-state index contributed by atoms with van der Waals surface area (Å²) in [7, 11) is -3.37. The van der Waals surface area contributed by atoms with E-state index in [-0.39, 0.29) is 16.5 Å². The van der Waals surface area contributed by atoms with E-state index in [2.05, 4.69) is 30.5 Å². The molecule has 3 heterocycles. The number of sulfonamides is 1. The third-order valence-corrected chi connectivity index (χ3v) is 8.61. The summed E-state index contributed by atoms with van der Waals surface area (Å²) >= 11 is 0. The summed E-state index contributed by atoms with van der Waals surface area (Å²) < 4.78 is 34.2. The molecule has 5 N–H and O–H groups in total. The van der Waals surface area contributed by atoms with Crippen LogP contribution in [0.5, 0.6) is 0 Å². The maximum absolute atomic E-state index is 12.5. The van der Waals surface area contributed by atoms with E-state index in [1.165, 1.54) is 6.33 Å². The Bertz CT molecular complexity index is 1890. The molecule has 0 unspecified atom stereocenters. The molecule has 13 nitrogen and oxygen atoms in total. The fraction of sp³-hybridized carbons (Fsp3) is 0.250. The Labute approximate surface area is 241 Å². The maximum atomic E-state index is 12.5. The topological polar surface area (TPSA) is 183 Å². The van der Waals surface area contributed by atoms with Crippen molar-refractivity contribution in [1.29, 1.82) is 0 Å². The maximum Gasteiger partial charge on any atom is 0.324 e. The van der Waals surface area contributed by atoms with Crippen LogP contribution in [0.25, 0.3) is 28.0 Å². The highest BCUT2D eigenvalue weighted by Gasteiger charge is 2.35. The summed E-state index contributed by atoms with van der Waals surface area (Å²) in [4.78, 5) is 21.1. The first-order valence-electron chi connectivity index (χ1n) is 13.2. The van der Waals surface area contributed by atoms with Crippen molar-refractivity contribution in [3.05, 3.63) is 66.7 Å². The van der Waals surface area contributed by atoms with Crippen LogP contribution < -0.4 is 21.1 Å². The van der Waals surface area contributed by atoms with Crippen molar-refractivity contribution in [3.8, 4) is 16.9 Å². The van der Waals surface area contributed by atoms with Gasteiger partial charge >= 0.3 is 6.03 Å². The monoisotopic (exact) mass is 587 g/mol. The molecule has 0 saturated heterocycles. The third-order valence-electron chi connectivity index (χ3n) is 6.74. The van der Waals surface area contributed by atoms with Crippen LogP contribution in [0.4, 0.5) is 27.8 Å². The molecule has 3 aromatic heterocycles. The van der Waals surface area contributed by atoms with Crippen LogP contribution in [-0.2, 0) is 15.4 Å². The minimum Gasteiger partial charge on any atom is -0.383 e. The number of aromatic nitrogens is 5. The summed E-state index contributed by atoms with van der Waals surface area (Å²) in [6.45, 7) is 5.97. The second kappa shape index (κ2) is 10.1. The van der Waals surface area contributed by atoms with Gasteiger partial charge in [-0.05, 0) is 49.2 Å². The molecule has 5 aromatic rings. The first-order valence-corrected chi connectivity index (χ1v) is 14.8. The Kier molecular flexibility index (Phi) is 6.56. The van der Waals surface area contributed by atoms with Crippen LogP contribution in [0.15, 0.2) is 65.4 Å². The average Bonchev–Trinajstić information content (AvgIpc) is 3.58.